The van der Waals surface area contributed by atoms with E-state index in [1.165, 1.54) is 30.5 Å². The van der Waals surface area contributed by atoms with Crippen LogP contribution in [0, 0.1) is 6.92 Å². The van der Waals surface area contributed by atoms with Gasteiger partial charge in [-0.25, -0.2) is 8.42 Å². The van der Waals surface area contributed by atoms with Crippen LogP contribution in [0.25, 0.3) is 0 Å². The topological polar surface area (TPSA) is 150 Å². The van der Waals surface area contributed by atoms with Crippen molar-refractivity contribution < 1.29 is 44.3 Å². The molecule has 3 atom stereocenters. The Morgan fingerprint density at radius 2 is 1.57 bits per heavy atom. The zero-order chi connectivity index (χ0) is 35.1. The molecule has 0 saturated carbocycles. The van der Waals surface area contributed by atoms with E-state index in [9.17, 15) is 23.4 Å². The summed E-state index contributed by atoms with van der Waals surface area (Å²) in [6.45, 7) is 3.21. The standard InChI is InChI=1S/C39H38N4O6S.Ni/c1-27-20-22-30(23-21-27)50(47,48)42-36(34-19-11-25-49-34)37(39(45)46)41-35(29-14-6-3-7-15-29)31-16-8-9-17-32(31)40-38(44)33-18-10-24-43(33)26-28-12-4-2-5-13-28;/h2-9,11-17,19-23,25,33,36-37,42H,10,18,24,26H2,1H3,(H,40,44)(H,45,46);/q;+2/p-2/t33-,36-,37-;/m1./s1. The van der Waals surface area contributed by atoms with Crippen molar-refractivity contribution in [2.24, 2.45) is 9.98 Å². The van der Waals surface area contributed by atoms with Crippen LogP contribution in [0.3, 0.4) is 0 Å². The van der Waals surface area contributed by atoms with Crippen LogP contribution in [-0.2, 0) is 37.9 Å². The van der Waals surface area contributed by atoms with Crippen molar-refractivity contribution >= 4 is 33.3 Å². The van der Waals surface area contributed by atoms with Crippen molar-refractivity contribution in [1.29, 1.82) is 0 Å². The number of aryl methyl sites for hydroxylation is 1. The van der Waals surface area contributed by atoms with Crippen LogP contribution < -0.4 is 14.9 Å². The summed E-state index contributed by atoms with van der Waals surface area (Å²) in [5.41, 5.74) is 3.37. The van der Waals surface area contributed by atoms with Crippen LogP contribution in [-0.4, -0.2) is 49.5 Å². The summed E-state index contributed by atoms with van der Waals surface area (Å²) in [4.78, 5) is 24.3. The SMILES string of the molecule is Cc1ccc(S(=O)(=O)N[C@H](c2ccco2)[C@@H](N=C(c2ccccc2)c2ccccc2N=C([O-])[C@H]2CCCN2Cc2ccccc2)C(=O)[O-])cc1.[Ni+2]. The predicted octanol–water partition coefficient (Wildman–Crippen LogP) is 4.32. The minimum absolute atomic E-state index is 0. The van der Waals surface area contributed by atoms with E-state index < -0.39 is 34.1 Å². The molecule has 0 spiro atoms. The van der Waals surface area contributed by atoms with E-state index in [1.54, 1.807) is 66.7 Å². The first-order chi connectivity index (χ1) is 24.2. The van der Waals surface area contributed by atoms with Crippen molar-refractivity contribution in [3.05, 3.63) is 156 Å². The maximum atomic E-state index is 13.8. The third-order valence-electron chi connectivity index (χ3n) is 8.60. The van der Waals surface area contributed by atoms with E-state index in [4.69, 9.17) is 4.42 Å². The second-order valence-corrected chi connectivity index (χ2v) is 13.8. The van der Waals surface area contributed by atoms with Crippen molar-refractivity contribution in [2.75, 3.05) is 6.54 Å². The van der Waals surface area contributed by atoms with E-state index in [1.807, 2.05) is 37.3 Å². The Bertz CT molecular complexity index is 2070. The summed E-state index contributed by atoms with van der Waals surface area (Å²) in [5.74, 6) is -1.92. The van der Waals surface area contributed by atoms with Crippen LogP contribution in [0.2, 0.25) is 0 Å². The Kier molecular flexibility index (Phi) is 12.4. The number of aliphatic imine (C=N–C) groups is 2. The summed E-state index contributed by atoms with van der Waals surface area (Å²) >= 11 is 0. The molecule has 1 N–H and O–H groups in total. The molecular formula is C39H36N4NiO6S. The number of furan rings is 1. The fraction of sp³-hybridized carbons (Fsp3) is 0.205. The molecule has 0 unspecified atom stereocenters. The Hall–Kier alpha value is -4.87. The number of rotatable bonds is 13. The van der Waals surface area contributed by atoms with Crippen LogP contribution in [0.5, 0.6) is 0 Å². The monoisotopic (exact) mass is 746 g/mol. The largest absolute Gasteiger partial charge is 2.00 e. The molecular weight excluding hydrogens is 711 g/mol. The van der Waals surface area contributed by atoms with Gasteiger partial charge in [-0.3, -0.25) is 14.9 Å². The number of carboxylic acids is 1. The molecule has 10 nitrogen and oxygen atoms in total. The van der Waals surface area contributed by atoms with Gasteiger partial charge in [0.05, 0.1) is 28.5 Å². The molecule has 6 rings (SSSR count). The Morgan fingerprint density at radius 1 is 0.902 bits per heavy atom. The van der Waals surface area contributed by atoms with E-state index in [2.05, 4.69) is 19.6 Å². The van der Waals surface area contributed by atoms with Gasteiger partial charge in [-0.2, -0.15) is 4.72 Å². The second kappa shape index (κ2) is 16.9. The number of carbonyl (C=O) groups excluding carboxylic acids is 1. The van der Waals surface area contributed by atoms with Gasteiger partial charge in [-0.05, 0) is 68.1 Å². The maximum Gasteiger partial charge on any atom is 2.00 e. The first-order valence-corrected chi connectivity index (χ1v) is 17.8. The van der Waals surface area contributed by atoms with Gasteiger partial charge < -0.3 is 19.4 Å². The third kappa shape index (κ3) is 9.09. The van der Waals surface area contributed by atoms with Crippen LogP contribution >= 0.6 is 0 Å². The van der Waals surface area contributed by atoms with Crippen LogP contribution in [0.15, 0.2) is 147 Å². The normalized spacial score (nSPS) is 16.7. The van der Waals surface area contributed by atoms with Gasteiger partial charge in [0, 0.05) is 23.7 Å². The number of sulfonamides is 1. The minimum atomic E-state index is -4.25. The number of hydrogen-bond acceptors (Lipinski definition) is 9. The fourth-order valence-electron chi connectivity index (χ4n) is 6.07. The molecule has 1 aromatic heterocycles. The Labute approximate surface area is 307 Å². The molecule has 0 aliphatic carbocycles. The zero-order valence-corrected chi connectivity index (χ0v) is 29.5. The molecule has 0 bridgehead atoms. The molecule has 0 radical (unpaired) electrons. The number of carboxylic acid groups (broad SMARTS) is 1. The summed E-state index contributed by atoms with van der Waals surface area (Å²) in [6, 6.07) is 31.1. The Morgan fingerprint density at radius 3 is 2.24 bits per heavy atom. The molecule has 12 heteroatoms. The summed E-state index contributed by atoms with van der Waals surface area (Å²) in [5, 5.41) is 26.7. The fourth-order valence-corrected chi connectivity index (χ4v) is 7.28. The quantitative estimate of drug-likeness (QED) is 0.107. The van der Waals surface area contributed by atoms with Crippen molar-refractivity contribution in [1.82, 2.24) is 9.62 Å². The molecule has 1 aliphatic rings. The predicted molar refractivity (Wildman–Crippen MR) is 187 cm³/mol. The average molecular weight is 747 g/mol. The van der Waals surface area contributed by atoms with Gasteiger partial charge in [-0.1, -0.05) is 96.6 Å². The van der Waals surface area contributed by atoms with Crippen molar-refractivity contribution in [3.8, 4) is 0 Å². The molecule has 4 aromatic carbocycles. The van der Waals surface area contributed by atoms with Crippen LogP contribution in [0.4, 0.5) is 5.69 Å². The molecule has 5 aromatic rings. The van der Waals surface area contributed by atoms with E-state index in [-0.39, 0.29) is 38.8 Å². The number of hydrogen-bond donors (Lipinski definition) is 1. The van der Waals surface area contributed by atoms with Gasteiger partial charge in [-0.15, -0.1) is 0 Å². The summed E-state index contributed by atoms with van der Waals surface area (Å²) < 4.78 is 35.2. The van der Waals surface area contributed by atoms with Gasteiger partial charge in [0.25, 0.3) is 0 Å². The van der Waals surface area contributed by atoms with Gasteiger partial charge in [0.15, 0.2) is 0 Å². The molecule has 51 heavy (non-hydrogen) atoms. The van der Waals surface area contributed by atoms with Crippen molar-refractivity contribution in [3.63, 3.8) is 0 Å². The zero-order valence-electron chi connectivity index (χ0n) is 27.7. The number of benzene rings is 4. The molecule has 1 fully saturated rings. The summed E-state index contributed by atoms with van der Waals surface area (Å²) in [7, 11) is -4.25. The van der Waals surface area contributed by atoms with Crippen molar-refractivity contribution in [2.45, 2.75) is 49.3 Å². The van der Waals surface area contributed by atoms with Crippen LogP contribution in [0.1, 0.15) is 46.9 Å². The van der Waals surface area contributed by atoms with Gasteiger partial charge >= 0.3 is 16.5 Å². The second-order valence-electron chi connectivity index (χ2n) is 12.1. The van der Waals surface area contributed by atoms with E-state index >= 15 is 0 Å². The minimum Gasteiger partial charge on any atom is -0.861 e. The summed E-state index contributed by atoms with van der Waals surface area (Å²) in [6.07, 6.45) is 2.84. The van der Waals surface area contributed by atoms with Gasteiger partial charge in [0.1, 0.15) is 17.8 Å². The number of nitrogens with zero attached hydrogens (tertiary/aromatic N) is 3. The van der Waals surface area contributed by atoms with Gasteiger partial charge in [0.2, 0.25) is 10.0 Å². The number of carbonyl (C=O) groups is 1. The number of nitrogens with one attached hydrogen (secondary N) is 1. The average Bonchev–Trinajstić information content (AvgIpc) is 3.83. The molecule has 0 amide bonds. The maximum absolute atomic E-state index is 13.8. The third-order valence-corrected chi connectivity index (χ3v) is 10.1. The molecule has 1 aliphatic heterocycles. The molecule has 1 saturated heterocycles. The first kappa shape index (κ1) is 37.4. The first-order valence-electron chi connectivity index (χ1n) is 16.3. The number of aliphatic carboxylic acids is 1. The smallest absolute Gasteiger partial charge is 0.861 e. The van der Waals surface area contributed by atoms with E-state index in [0.717, 1.165) is 24.1 Å². The molecule has 2 heterocycles. The Balaban J connectivity index is 0.00000504. The van der Waals surface area contributed by atoms with E-state index in [0.29, 0.717) is 29.8 Å². The molecule has 264 valence electrons. The number of para-hydroxylation sites is 1. The number of likely N-dealkylation sites (tertiary alicyclic amines) is 1.